The molecule has 6 nitrogen and oxygen atoms in total. The van der Waals surface area contributed by atoms with Crippen LogP contribution in [0.15, 0.2) is 6.07 Å². The van der Waals surface area contributed by atoms with Crippen LogP contribution in [0.2, 0.25) is 0 Å². The van der Waals surface area contributed by atoms with E-state index in [0.717, 1.165) is 18.9 Å². The van der Waals surface area contributed by atoms with Crippen LogP contribution in [-0.2, 0) is 0 Å². The summed E-state index contributed by atoms with van der Waals surface area (Å²) in [6.07, 6.45) is 0. The number of nitrogens with zero attached hydrogens (tertiary/aromatic N) is 3. The number of aromatic nitrogens is 2. The van der Waals surface area contributed by atoms with Crippen molar-refractivity contribution in [3.63, 3.8) is 0 Å². The molecular formula is C11H22N6. The van der Waals surface area contributed by atoms with Gasteiger partial charge >= 0.3 is 0 Å². The highest BCUT2D eigenvalue weighted by atomic mass is 15.3. The summed E-state index contributed by atoms with van der Waals surface area (Å²) >= 11 is 0. The van der Waals surface area contributed by atoms with Crippen LogP contribution in [0, 0.1) is 6.92 Å². The molecule has 1 heterocycles. The Morgan fingerprint density at radius 2 is 2.00 bits per heavy atom. The van der Waals surface area contributed by atoms with Crippen LogP contribution < -0.4 is 16.6 Å². The van der Waals surface area contributed by atoms with Crippen LogP contribution in [0.25, 0.3) is 0 Å². The molecule has 0 amide bonds. The number of likely N-dealkylation sites (N-methyl/N-ethyl adjacent to an activating group) is 1. The number of hydrogen-bond donors (Lipinski definition) is 3. The molecule has 0 bridgehead atoms. The lowest BCUT2D eigenvalue weighted by Gasteiger charge is -2.21. The van der Waals surface area contributed by atoms with Gasteiger partial charge in [0.15, 0.2) is 0 Å². The molecule has 1 aromatic rings. The predicted molar refractivity (Wildman–Crippen MR) is 70.8 cm³/mol. The topological polar surface area (TPSA) is 79.1 Å². The van der Waals surface area contributed by atoms with Crippen molar-refractivity contribution < 1.29 is 0 Å². The number of anilines is 2. The fourth-order valence-electron chi connectivity index (χ4n) is 1.35. The van der Waals surface area contributed by atoms with Gasteiger partial charge in [0, 0.05) is 25.2 Å². The predicted octanol–water partition coefficient (Wildman–Crippen LogP) is 0.823. The molecule has 0 aliphatic carbocycles. The van der Waals surface area contributed by atoms with E-state index >= 15 is 0 Å². The molecule has 4 N–H and O–H groups in total. The second-order valence-corrected chi connectivity index (χ2v) is 4.33. The van der Waals surface area contributed by atoms with Crippen molar-refractivity contribution >= 4 is 11.6 Å². The van der Waals surface area contributed by atoms with E-state index in [0.29, 0.717) is 17.7 Å². The minimum Gasteiger partial charge on any atom is -0.369 e. The largest absolute Gasteiger partial charge is 0.369 e. The Bertz CT molecular complexity index is 352. The summed E-state index contributed by atoms with van der Waals surface area (Å²) in [7, 11) is 2.10. The van der Waals surface area contributed by atoms with Gasteiger partial charge in [-0.1, -0.05) is 0 Å². The first-order valence-electron chi connectivity index (χ1n) is 5.79. The molecule has 0 spiro atoms. The van der Waals surface area contributed by atoms with Gasteiger partial charge in [0.1, 0.15) is 17.5 Å². The molecular weight excluding hydrogens is 216 g/mol. The maximum absolute atomic E-state index is 5.33. The third-order valence-electron chi connectivity index (χ3n) is 2.64. The molecule has 1 rings (SSSR count). The van der Waals surface area contributed by atoms with Crippen LogP contribution in [-0.4, -0.2) is 41.0 Å². The lowest BCUT2D eigenvalue weighted by Crippen LogP contribution is -2.31. The molecule has 0 saturated heterocycles. The zero-order valence-electron chi connectivity index (χ0n) is 11.0. The zero-order valence-corrected chi connectivity index (χ0v) is 11.0. The summed E-state index contributed by atoms with van der Waals surface area (Å²) in [5, 5.41) is 3.26. The normalized spacial score (nSPS) is 11.0. The molecule has 6 heteroatoms. The van der Waals surface area contributed by atoms with Gasteiger partial charge in [0.25, 0.3) is 0 Å². The highest BCUT2D eigenvalue weighted by molar-refractivity contribution is 5.46. The van der Waals surface area contributed by atoms with E-state index in [2.05, 4.69) is 46.5 Å². The molecule has 17 heavy (non-hydrogen) atoms. The summed E-state index contributed by atoms with van der Waals surface area (Å²) in [5.41, 5.74) is 2.52. The van der Waals surface area contributed by atoms with Gasteiger partial charge in [-0.05, 0) is 27.8 Å². The third kappa shape index (κ3) is 4.54. The first kappa shape index (κ1) is 13.7. The zero-order chi connectivity index (χ0) is 12.8. The molecule has 0 atom stereocenters. The molecule has 0 radical (unpaired) electrons. The smallest absolute Gasteiger partial charge is 0.145 e. The Morgan fingerprint density at radius 3 is 2.59 bits per heavy atom. The number of nitrogen functional groups attached to an aromatic ring is 1. The average Bonchev–Trinajstić information content (AvgIpc) is 2.27. The lowest BCUT2D eigenvalue weighted by atomic mass is 10.3. The molecule has 0 fully saturated rings. The highest BCUT2D eigenvalue weighted by Crippen LogP contribution is 2.09. The average molecular weight is 238 g/mol. The summed E-state index contributed by atoms with van der Waals surface area (Å²) < 4.78 is 0. The van der Waals surface area contributed by atoms with Crippen LogP contribution in [0.3, 0.4) is 0 Å². The van der Waals surface area contributed by atoms with E-state index in [1.165, 1.54) is 0 Å². The number of nitrogens with one attached hydrogen (secondary N) is 2. The van der Waals surface area contributed by atoms with E-state index in [-0.39, 0.29) is 0 Å². The van der Waals surface area contributed by atoms with Crippen LogP contribution >= 0.6 is 0 Å². The lowest BCUT2D eigenvalue weighted by molar-refractivity contribution is 0.284. The number of aryl methyl sites for hydroxylation is 1. The van der Waals surface area contributed by atoms with Gasteiger partial charge in [-0.2, -0.15) is 0 Å². The maximum Gasteiger partial charge on any atom is 0.145 e. The summed E-state index contributed by atoms with van der Waals surface area (Å²) in [5.74, 6) is 7.44. The minimum atomic E-state index is 0.546. The first-order chi connectivity index (χ1) is 8.02. The number of hydrogen-bond acceptors (Lipinski definition) is 6. The molecule has 0 saturated carbocycles. The summed E-state index contributed by atoms with van der Waals surface area (Å²) in [6, 6.07) is 2.34. The van der Waals surface area contributed by atoms with Gasteiger partial charge in [-0.3, -0.25) is 0 Å². The summed E-state index contributed by atoms with van der Waals surface area (Å²) in [6.45, 7) is 7.99. The molecule has 1 aromatic heterocycles. The van der Waals surface area contributed by atoms with Crippen molar-refractivity contribution in [3.05, 3.63) is 11.9 Å². The first-order valence-corrected chi connectivity index (χ1v) is 5.79. The summed E-state index contributed by atoms with van der Waals surface area (Å²) in [4.78, 5) is 10.7. The van der Waals surface area contributed by atoms with Gasteiger partial charge in [-0.25, -0.2) is 15.8 Å². The van der Waals surface area contributed by atoms with Crippen molar-refractivity contribution in [2.75, 3.05) is 30.9 Å². The molecule has 0 aromatic carbocycles. The Balaban J connectivity index is 2.49. The molecule has 96 valence electrons. The highest BCUT2D eigenvalue weighted by Gasteiger charge is 2.03. The van der Waals surface area contributed by atoms with E-state index in [1.54, 1.807) is 6.07 Å². The van der Waals surface area contributed by atoms with Crippen molar-refractivity contribution in [3.8, 4) is 0 Å². The van der Waals surface area contributed by atoms with Crippen molar-refractivity contribution in [1.29, 1.82) is 0 Å². The van der Waals surface area contributed by atoms with Gasteiger partial charge in [-0.15, -0.1) is 0 Å². The van der Waals surface area contributed by atoms with Gasteiger partial charge < -0.3 is 15.6 Å². The Morgan fingerprint density at radius 1 is 1.35 bits per heavy atom. The second-order valence-electron chi connectivity index (χ2n) is 4.33. The maximum atomic E-state index is 5.33. The minimum absolute atomic E-state index is 0.546. The fraction of sp³-hybridized carbons (Fsp3) is 0.636. The van der Waals surface area contributed by atoms with E-state index in [4.69, 9.17) is 5.84 Å². The number of rotatable bonds is 6. The molecule has 0 aliphatic rings. The van der Waals surface area contributed by atoms with Crippen molar-refractivity contribution in [2.24, 2.45) is 5.84 Å². The second kappa shape index (κ2) is 6.36. The van der Waals surface area contributed by atoms with Crippen molar-refractivity contribution in [2.45, 2.75) is 26.8 Å². The Labute approximate surface area is 103 Å². The Hall–Kier alpha value is -1.40. The Kier molecular flexibility index (Phi) is 5.11. The van der Waals surface area contributed by atoms with E-state index in [9.17, 15) is 0 Å². The monoisotopic (exact) mass is 238 g/mol. The van der Waals surface area contributed by atoms with Crippen LogP contribution in [0.5, 0.6) is 0 Å². The quantitative estimate of drug-likeness (QED) is 0.503. The van der Waals surface area contributed by atoms with Crippen LogP contribution in [0.4, 0.5) is 11.6 Å². The molecule has 0 aliphatic heterocycles. The number of hydrazine groups is 1. The van der Waals surface area contributed by atoms with Crippen molar-refractivity contribution in [1.82, 2.24) is 14.9 Å². The fourth-order valence-corrected chi connectivity index (χ4v) is 1.35. The third-order valence-corrected chi connectivity index (χ3v) is 2.64. The van der Waals surface area contributed by atoms with Gasteiger partial charge in [0.2, 0.25) is 0 Å². The standard InChI is InChI=1S/C11H22N6/c1-8(2)17(4)6-5-13-10-7-11(16-12)15-9(3)14-10/h7-8H,5-6,12H2,1-4H3,(H2,13,14,15,16). The molecule has 0 unspecified atom stereocenters. The SMILES string of the molecule is Cc1nc(NN)cc(NCCN(C)C(C)C)n1. The van der Waals surface area contributed by atoms with Crippen LogP contribution in [0.1, 0.15) is 19.7 Å². The van der Waals surface area contributed by atoms with E-state index in [1.807, 2.05) is 6.92 Å². The van der Waals surface area contributed by atoms with E-state index < -0.39 is 0 Å². The van der Waals surface area contributed by atoms with Gasteiger partial charge in [0.05, 0.1) is 0 Å². The number of nitrogens with two attached hydrogens (primary N) is 1.